The monoisotopic (exact) mass is 332 g/mol. The van der Waals surface area contributed by atoms with Crippen molar-refractivity contribution in [2.24, 2.45) is 5.92 Å². The first-order valence-corrected chi connectivity index (χ1v) is 8.32. The van der Waals surface area contributed by atoms with Crippen LogP contribution in [-0.4, -0.2) is 42.9 Å². The van der Waals surface area contributed by atoms with E-state index in [9.17, 15) is 14.4 Å². The van der Waals surface area contributed by atoms with Crippen LogP contribution >= 0.6 is 0 Å². The number of hydrogen-bond donors (Lipinski definition) is 1. The second-order valence-electron chi connectivity index (χ2n) is 5.97. The largest absolute Gasteiger partial charge is 0.465 e. The molecule has 1 aliphatic rings. The summed E-state index contributed by atoms with van der Waals surface area (Å²) in [6.45, 7) is 3.23. The first-order valence-electron chi connectivity index (χ1n) is 8.32. The van der Waals surface area contributed by atoms with Crippen molar-refractivity contribution in [1.29, 1.82) is 0 Å². The molecule has 0 unspecified atom stereocenters. The van der Waals surface area contributed by atoms with Gasteiger partial charge in [-0.05, 0) is 37.5 Å². The van der Waals surface area contributed by atoms with Crippen LogP contribution in [0.2, 0.25) is 0 Å². The van der Waals surface area contributed by atoms with Crippen LogP contribution in [0.3, 0.4) is 0 Å². The lowest BCUT2D eigenvalue weighted by atomic mass is 9.95. The fraction of sp³-hybridized carbons (Fsp3) is 0.500. The lowest BCUT2D eigenvalue weighted by Crippen LogP contribution is -2.41. The molecule has 0 aliphatic carbocycles. The summed E-state index contributed by atoms with van der Waals surface area (Å²) in [6.07, 6.45) is 2.74. The van der Waals surface area contributed by atoms with Gasteiger partial charge in [-0.3, -0.25) is 9.59 Å². The highest BCUT2D eigenvalue weighted by molar-refractivity contribution is 5.95. The molecule has 1 aromatic carbocycles. The number of esters is 1. The van der Waals surface area contributed by atoms with Crippen LogP contribution in [0.1, 0.15) is 43.0 Å². The summed E-state index contributed by atoms with van der Waals surface area (Å²) in [7, 11) is 1.32. The van der Waals surface area contributed by atoms with Gasteiger partial charge in [0.1, 0.15) is 0 Å². The number of rotatable bonds is 5. The van der Waals surface area contributed by atoms with Crippen molar-refractivity contribution in [1.82, 2.24) is 4.90 Å². The summed E-state index contributed by atoms with van der Waals surface area (Å²) < 4.78 is 4.68. The lowest BCUT2D eigenvalue weighted by Gasteiger charge is -2.31. The number of anilines is 1. The third kappa shape index (κ3) is 4.57. The Hall–Kier alpha value is -2.37. The minimum absolute atomic E-state index is 0.0698. The summed E-state index contributed by atoms with van der Waals surface area (Å²) in [6, 6.07) is 6.68. The van der Waals surface area contributed by atoms with E-state index in [1.54, 1.807) is 24.3 Å². The number of hydrogen-bond acceptors (Lipinski definition) is 4. The van der Waals surface area contributed by atoms with Gasteiger partial charge in [0.25, 0.3) is 0 Å². The Labute approximate surface area is 142 Å². The van der Waals surface area contributed by atoms with E-state index >= 15 is 0 Å². The number of methoxy groups -OCH3 is 1. The van der Waals surface area contributed by atoms with Crippen molar-refractivity contribution in [3.05, 3.63) is 29.8 Å². The molecule has 0 bridgehead atoms. The molecule has 1 saturated heterocycles. The number of nitrogens with one attached hydrogen (secondary N) is 1. The fourth-order valence-corrected chi connectivity index (χ4v) is 2.85. The second-order valence-corrected chi connectivity index (χ2v) is 5.97. The molecule has 0 atom stereocenters. The molecule has 2 rings (SSSR count). The van der Waals surface area contributed by atoms with Gasteiger partial charge in [-0.25, -0.2) is 4.79 Å². The van der Waals surface area contributed by atoms with E-state index in [1.807, 2.05) is 11.8 Å². The van der Waals surface area contributed by atoms with Gasteiger partial charge >= 0.3 is 5.97 Å². The van der Waals surface area contributed by atoms with E-state index in [0.717, 1.165) is 6.42 Å². The maximum absolute atomic E-state index is 12.4. The van der Waals surface area contributed by atoms with Crippen molar-refractivity contribution < 1.29 is 19.1 Å². The van der Waals surface area contributed by atoms with Crippen molar-refractivity contribution >= 4 is 23.5 Å². The summed E-state index contributed by atoms with van der Waals surface area (Å²) in [4.78, 5) is 37.6. The first-order chi connectivity index (χ1) is 11.5. The summed E-state index contributed by atoms with van der Waals surface area (Å²) in [5.41, 5.74) is 0.975. The van der Waals surface area contributed by atoms with E-state index in [2.05, 4.69) is 10.1 Å². The Morgan fingerprint density at radius 2 is 1.96 bits per heavy atom. The second kappa shape index (κ2) is 8.47. The van der Waals surface area contributed by atoms with Crippen molar-refractivity contribution in [2.75, 3.05) is 25.5 Å². The van der Waals surface area contributed by atoms with E-state index in [4.69, 9.17) is 0 Å². The molecule has 1 N–H and O–H groups in total. The molecule has 1 fully saturated rings. The molecule has 24 heavy (non-hydrogen) atoms. The fourth-order valence-electron chi connectivity index (χ4n) is 2.85. The SMILES string of the molecule is CCCC(=O)N1CCC(C(=O)Nc2cccc(C(=O)OC)c2)CC1. The van der Waals surface area contributed by atoms with E-state index in [0.29, 0.717) is 43.6 Å². The molecule has 0 aromatic heterocycles. The molecule has 2 amide bonds. The normalized spacial score (nSPS) is 15.0. The van der Waals surface area contributed by atoms with Gasteiger partial charge in [-0.15, -0.1) is 0 Å². The lowest BCUT2D eigenvalue weighted by molar-refractivity contribution is -0.134. The molecule has 1 aromatic rings. The number of likely N-dealkylation sites (tertiary alicyclic amines) is 1. The van der Waals surface area contributed by atoms with Gasteiger partial charge < -0.3 is 15.0 Å². The average Bonchev–Trinajstić information content (AvgIpc) is 2.61. The Kier molecular flexibility index (Phi) is 6.35. The average molecular weight is 332 g/mol. The van der Waals surface area contributed by atoms with Crippen molar-refractivity contribution in [2.45, 2.75) is 32.6 Å². The highest BCUT2D eigenvalue weighted by Gasteiger charge is 2.27. The van der Waals surface area contributed by atoms with Crippen LogP contribution in [0, 0.1) is 5.92 Å². The van der Waals surface area contributed by atoms with Gasteiger partial charge in [0.05, 0.1) is 12.7 Å². The van der Waals surface area contributed by atoms with Gasteiger partial charge in [0.15, 0.2) is 0 Å². The predicted molar refractivity (Wildman–Crippen MR) is 90.6 cm³/mol. The standard InChI is InChI=1S/C18H24N2O4/c1-3-5-16(21)20-10-8-13(9-11-20)17(22)19-15-7-4-6-14(12-15)18(23)24-2/h4,6-7,12-13H,3,5,8-11H2,1-2H3,(H,19,22). The third-order valence-corrected chi connectivity index (χ3v) is 4.23. The van der Waals surface area contributed by atoms with Crippen molar-refractivity contribution in [3.8, 4) is 0 Å². The molecular formula is C18H24N2O4. The Morgan fingerprint density at radius 3 is 2.58 bits per heavy atom. The highest BCUT2D eigenvalue weighted by atomic mass is 16.5. The number of benzene rings is 1. The van der Waals surface area contributed by atoms with Crippen LogP contribution in [0.15, 0.2) is 24.3 Å². The zero-order chi connectivity index (χ0) is 17.5. The molecule has 0 spiro atoms. The van der Waals surface area contributed by atoms with Gasteiger partial charge in [0, 0.05) is 31.1 Å². The number of carbonyl (C=O) groups is 3. The van der Waals surface area contributed by atoms with Crippen LogP contribution < -0.4 is 5.32 Å². The Bertz CT molecular complexity index is 607. The number of amides is 2. The maximum Gasteiger partial charge on any atom is 0.337 e. The van der Waals surface area contributed by atoms with E-state index in [-0.39, 0.29) is 17.7 Å². The molecule has 1 heterocycles. The molecule has 6 nitrogen and oxygen atoms in total. The Morgan fingerprint density at radius 1 is 1.25 bits per heavy atom. The van der Waals surface area contributed by atoms with Crippen LogP contribution in [-0.2, 0) is 14.3 Å². The summed E-state index contributed by atoms with van der Waals surface area (Å²) in [5.74, 6) is -0.451. The molecular weight excluding hydrogens is 308 g/mol. The quantitative estimate of drug-likeness (QED) is 0.840. The molecule has 1 aliphatic heterocycles. The molecule has 6 heteroatoms. The number of carbonyl (C=O) groups excluding carboxylic acids is 3. The predicted octanol–water partition coefficient (Wildman–Crippen LogP) is 2.45. The Balaban J connectivity index is 1.90. The zero-order valence-corrected chi connectivity index (χ0v) is 14.2. The molecule has 0 saturated carbocycles. The third-order valence-electron chi connectivity index (χ3n) is 4.23. The molecule has 130 valence electrons. The van der Waals surface area contributed by atoms with E-state index < -0.39 is 5.97 Å². The van der Waals surface area contributed by atoms with Gasteiger partial charge in [-0.2, -0.15) is 0 Å². The number of piperidine rings is 1. The van der Waals surface area contributed by atoms with Crippen molar-refractivity contribution in [3.63, 3.8) is 0 Å². The number of ether oxygens (including phenoxy) is 1. The maximum atomic E-state index is 12.4. The van der Waals surface area contributed by atoms with Gasteiger partial charge in [0.2, 0.25) is 11.8 Å². The van der Waals surface area contributed by atoms with Gasteiger partial charge in [-0.1, -0.05) is 13.0 Å². The van der Waals surface area contributed by atoms with Crippen LogP contribution in [0.25, 0.3) is 0 Å². The summed E-state index contributed by atoms with van der Waals surface area (Å²) in [5, 5.41) is 2.85. The smallest absolute Gasteiger partial charge is 0.337 e. The van der Waals surface area contributed by atoms with E-state index in [1.165, 1.54) is 7.11 Å². The highest BCUT2D eigenvalue weighted by Crippen LogP contribution is 2.21. The number of nitrogens with zero attached hydrogens (tertiary/aromatic N) is 1. The summed E-state index contributed by atoms with van der Waals surface area (Å²) >= 11 is 0. The minimum atomic E-state index is -0.436. The minimum Gasteiger partial charge on any atom is -0.465 e. The van der Waals surface area contributed by atoms with Crippen LogP contribution in [0.5, 0.6) is 0 Å². The topological polar surface area (TPSA) is 75.7 Å². The first kappa shape index (κ1) is 18.0. The zero-order valence-electron chi connectivity index (χ0n) is 14.2. The molecule has 0 radical (unpaired) electrons. The van der Waals surface area contributed by atoms with Crippen LogP contribution in [0.4, 0.5) is 5.69 Å².